The van der Waals surface area contributed by atoms with Crippen molar-refractivity contribution in [1.29, 1.82) is 0 Å². The zero-order chi connectivity index (χ0) is 18.5. The first kappa shape index (κ1) is 16.0. The average molecular weight is 417 g/mol. The van der Waals surface area contributed by atoms with E-state index in [2.05, 4.69) is 50.5 Å². The summed E-state index contributed by atoms with van der Waals surface area (Å²) in [5.41, 5.74) is 3.78. The van der Waals surface area contributed by atoms with Crippen molar-refractivity contribution in [2.24, 2.45) is 0 Å². The highest BCUT2D eigenvalue weighted by Gasteiger charge is 2.33. The van der Waals surface area contributed by atoms with Crippen LogP contribution in [0, 0.1) is 0 Å². The first-order valence-electron chi connectivity index (χ1n) is 8.49. The van der Waals surface area contributed by atoms with Gasteiger partial charge in [-0.1, -0.05) is 54.6 Å². The van der Waals surface area contributed by atoms with E-state index < -0.39 is 11.8 Å². The molecule has 3 aromatic carbocycles. The van der Waals surface area contributed by atoms with Crippen LogP contribution < -0.4 is 5.32 Å². The molecule has 5 heteroatoms. The lowest BCUT2D eigenvalue weighted by molar-refractivity contribution is -0.123. The molecule has 4 aromatic rings. The lowest BCUT2D eigenvalue weighted by Gasteiger charge is -2.07. The molecule has 1 aromatic heterocycles. The van der Waals surface area contributed by atoms with Gasteiger partial charge in [0.15, 0.2) is 0 Å². The molecule has 0 unspecified atom stereocenters. The van der Waals surface area contributed by atoms with Crippen LogP contribution in [0.4, 0.5) is 0 Å². The lowest BCUT2D eigenvalue weighted by atomic mass is 9.97. The Bertz CT molecular complexity index is 1300. The Balaban J connectivity index is 1.85. The number of nitrogens with one attached hydrogen (secondary N) is 2. The fourth-order valence-corrected chi connectivity index (χ4v) is 4.10. The van der Waals surface area contributed by atoms with Crippen LogP contribution in [0.1, 0.15) is 5.56 Å². The summed E-state index contributed by atoms with van der Waals surface area (Å²) in [6.07, 6.45) is 0. The summed E-state index contributed by atoms with van der Waals surface area (Å²) in [6, 6.07) is 22.1. The van der Waals surface area contributed by atoms with Crippen LogP contribution in [0.25, 0.3) is 38.5 Å². The Labute approximate surface area is 163 Å². The number of para-hydroxylation sites is 1. The van der Waals surface area contributed by atoms with Crippen molar-refractivity contribution in [2.75, 3.05) is 0 Å². The quantitative estimate of drug-likeness (QED) is 0.463. The summed E-state index contributed by atoms with van der Waals surface area (Å²) in [5, 5.41) is 5.52. The molecule has 1 aliphatic rings. The van der Waals surface area contributed by atoms with Gasteiger partial charge in [0.05, 0.1) is 15.7 Å². The molecule has 0 aliphatic carbocycles. The van der Waals surface area contributed by atoms with Crippen molar-refractivity contribution in [2.45, 2.75) is 0 Å². The van der Waals surface area contributed by atoms with Gasteiger partial charge in [0.25, 0.3) is 11.8 Å². The molecule has 27 heavy (non-hydrogen) atoms. The summed E-state index contributed by atoms with van der Waals surface area (Å²) >= 11 is 3.30. The fraction of sp³-hybridized carbons (Fsp3) is 0. The first-order chi connectivity index (χ1) is 13.1. The number of aromatic nitrogens is 1. The molecule has 4 nitrogen and oxygen atoms in total. The summed E-state index contributed by atoms with van der Waals surface area (Å²) in [7, 11) is 0. The number of amides is 2. The van der Waals surface area contributed by atoms with Gasteiger partial charge >= 0.3 is 0 Å². The van der Waals surface area contributed by atoms with Crippen LogP contribution in [-0.4, -0.2) is 16.8 Å². The van der Waals surface area contributed by atoms with Crippen molar-refractivity contribution in [3.05, 3.63) is 76.8 Å². The number of aromatic amines is 1. The van der Waals surface area contributed by atoms with Crippen molar-refractivity contribution in [3.63, 3.8) is 0 Å². The number of rotatable bonds is 2. The van der Waals surface area contributed by atoms with Crippen molar-refractivity contribution in [1.82, 2.24) is 10.3 Å². The SMILES string of the molecule is O=C1NC(=O)C(c2c(-c3ccc4ccccc4c3)[nH]c3ccccc23)=C1Br. The number of H-pyrrole nitrogens is 1. The van der Waals surface area contributed by atoms with Gasteiger partial charge in [0.2, 0.25) is 0 Å². The highest BCUT2D eigenvalue weighted by Crippen LogP contribution is 2.40. The van der Waals surface area contributed by atoms with E-state index in [1.165, 1.54) is 0 Å². The number of benzene rings is 3. The van der Waals surface area contributed by atoms with E-state index in [0.717, 1.165) is 38.5 Å². The van der Waals surface area contributed by atoms with E-state index in [1.807, 2.05) is 42.5 Å². The number of halogens is 1. The Morgan fingerprint density at radius 1 is 0.778 bits per heavy atom. The van der Waals surface area contributed by atoms with Gasteiger partial charge in [-0.3, -0.25) is 14.9 Å². The van der Waals surface area contributed by atoms with Crippen LogP contribution in [0.3, 0.4) is 0 Å². The van der Waals surface area contributed by atoms with Crippen LogP contribution >= 0.6 is 15.9 Å². The van der Waals surface area contributed by atoms with Crippen LogP contribution in [0.15, 0.2) is 71.2 Å². The molecule has 0 saturated carbocycles. The number of fused-ring (bicyclic) bond motifs is 2. The molecule has 2 heterocycles. The third-order valence-corrected chi connectivity index (χ3v) is 5.62. The van der Waals surface area contributed by atoms with E-state index in [1.54, 1.807) is 0 Å². The minimum atomic E-state index is -0.412. The lowest BCUT2D eigenvalue weighted by Crippen LogP contribution is -2.22. The number of carbonyl (C=O) groups excluding carboxylic acids is 2. The maximum absolute atomic E-state index is 12.5. The molecule has 2 N–H and O–H groups in total. The second-order valence-corrected chi connectivity index (χ2v) is 7.25. The number of carbonyl (C=O) groups is 2. The summed E-state index contributed by atoms with van der Waals surface area (Å²) < 4.78 is 0.263. The van der Waals surface area contributed by atoms with Gasteiger partial charge in [0.1, 0.15) is 0 Å². The molecule has 0 spiro atoms. The molecule has 5 rings (SSSR count). The minimum absolute atomic E-state index is 0.263. The minimum Gasteiger partial charge on any atom is -0.354 e. The van der Waals surface area contributed by atoms with Crippen LogP contribution in [0.5, 0.6) is 0 Å². The van der Waals surface area contributed by atoms with Crippen molar-refractivity contribution in [3.8, 4) is 11.3 Å². The molecule has 0 bridgehead atoms. The predicted octanol–water partition coefficient (Wildman–Crippen LogP) is 4.75. The van der Waals surface area contributed by atoms with Gasteiger partial charge in [-0.05, 0) is 44.4 Å². The Morgan fingerprint density at radius 2 is 1.52 bits per heavy atom. The maximum Gasteiger partial charge on any atom is 0.265 e. The zero-order valence-corrected chi connectivity index (χ0v) is 15.6. The van der Waals surface area contributed by atoms with E-state index >= 15 is 0 Å². The number of hydrogen-bond acceptors (Lipinski definition) is 2. The molecular weight excluding hydrogens is 404 g/mol. The second-order valence-electron chi connectivity index (χ2n) is 6.45. The highest BCUT2D eigenvalue weighted by molar-refractivity contribution is 9.12. The molecule has 0 atom stereocenters. The Hall–Kier alpha value is -3.18. The van der Waals surface area contributed by atoms with Gasteiger partial charge in [0, 0.05) is 16.5 Å². The summed E-state index contributed by atoms with van der Waals surface area (Å²) in [6.45, 7) is 0. The molecule has 0 fully saturated rings. The second kappa shape index (κ2) is 5.93. The molecular formula is C22H13BrN2O2. The smallest absolute Gasteiger partial charge is 0.265 e. The van der Waals surface area contributed by atoms with Crippen LogP contribution in [-0.2, 0) is 9.59 Å². The number of hydrogen-bond donors (Lipinski definition) is 2. The largest absolute Gasteiger partial charge is 0.354 e. The number of imide groups is 1. The molecule has 0 radical (unpaired) electrons. The fourth-order valence-electron chi connectivity index (χ4n) is 3.62. The topological polar surface area (TPSA) is 62.0 Å². The van der Waals surface area contributed by atoms with Crippen LogP contribution in [0.2, 0.25) is 0 Å². The maximum atomic E-state index is 12.5. The molecule has 2 amide bonds. The normalized spacial score (nSPS) is 14.4. The predicted molar refractivity (Wildman–Crippen MR) is 110 cm³/mol. The van der Waals surface area contributed by atoms with Gasteiger partial charge in [-0.2, -0.15) is 0 Å². The Morgan fingerprint density at radius 3 is 2.30 bits per heavy atom. The van der Waals surface area contributed by atoms with Crippen molar-refractivity contribution < 1.29 is 9.59 Å². The molecule has 0 saturated heterocycles. The highest BCUT2D eigenvalue weighted by atomic mass is 79.9. The summed E-state index contributed by atoms with van der Waals surface area (Å²) in [5.74, 6) is -0.802. The van der Waals surface area contributed by atoms with E-state index in [0.29, 0.717) is 5.57 Å². The third-order valence-electron chi connectivity index (χ3n) is 4.87. The van der Waals surface area contributed by atoms with Gasteiger partial charge < -0.3 is 4.98 Å². The van der Waals surface area contributed by atoms with Gasteiger partial charge in [-0.25, -0.2) is 0 Å². The average Bonchev–Trinajstić information content (AvgIpc) is 3.18. The first-order valence-corrected chi connectivity index (χ1v) is 9.28. The summed E-state index contributed by atoms with van der Waals surface area (Å²) in [4.78, 5) is 27.9. The molecule has 1 aliphatic heterocycles. The van der Waals surface area contributed by atoms with Gasteiger partial charge in [-0.15, -0.1) is 0 Å². The van der Waals surface area contributed by atoms with Crippen molar-refractivity contribution >= 4 is 55.0 Å². The standard InChI is InChI=1S/C22H13BrN2O2/c23-19-18(21(26)25-22(19)27)17-15-7-3-4-8-16(15)24-20(17)14-10-9-12-5-1-2-6-13(12)11-14/h1-11,24H,(H,25,26,27). The molecule has 130 valence electrons. The van der Waals surface area contributed by atoms with E-state index in [-0.39, 0.29) is 4.48 Å². The zero-order valence-electron chi connectivity index (χ0n) is 14.0. The monoisotopic (exact) mass is 416 g/mol. The Kier molecular flexibility index (Phi) is 3.52. The van der Waals surface area contributed by atoms with E-state index in [4.69, 9.17) is 0 Å². The third kappa shape index (κ3) is 2.43. The van der Waals surface area contributed by atoms with E-state index in [9.17, 15) is 9.59 Å².